The Hall–Kier alpha value is -3.17. The molecule has 0 bridgehead atoms. The monoisotopic (exact) mass is 462 g/mol. The molecule has 0 radical (unpaired) electrons. The molecule has 0 aliphatic heterocycles. The van der Waals surface area contributed by atoms with Crippen LogP contribution in [0.4, 0.5) is 13.2 Å². The van der Waals surface area contributed by atoms with Crippen LogP contribution in [0.3, 0.4) is 0 Å². The highest BCUT2D eigenvalue weighted by molar-refractivity contribution is 7.89. The molecule has 0 saturated heterocycles. The number of benzene rings is 3. The average Bonchev–Trinajstić information content (AvgIpc) is 2.78. The first-order valence-corrected chi connectivity index (χ1v) is 11.2. The van der Waals surface area contributed by atoms with E-state index in [1.807, 2.05) is 6.07 Å². The Balaban J connectivity index is 1.57. The van der Waals surface area contributed by atoms with Gasteiger partial charge < -0.3 is 5.32 Å². The molecular formula is C23H21F3N2O3S. The molecule has 32 heavy (non-hydrogen) atoms. The second-order valence-electron chi connectivity index (χ2n) is 7.04. The van der Waals surface area contributed by atoms with Gasteiger partial charge in [-0.25, -0.2) is 13.1 Å². The van der Waals surface area contributed by atoms with Crippen LogP contribution in [0.1, 0.15) is 27.0 Å². The zero-order chi connectivity index (χ0) is 23.2. The number of alkyl halides is 3. The summed E-state index contributed by atoms with van der Waals surface area (Å²) in [6.07, 6.45) is -4.06. The molecule has 2 N–H and O–H groups in total. The van der Waals surface area contributed by atoms with E-state index >= 15 is 0 Å². The van der Waals surface area contributed by atoms with E-state index in [0.717, 1.165) is 17.7 Å². The summed E-state index contributed by atoms with van der Waals surface area (Å²) in [6.45, 7) is 0.306. The Labute approximate surface area is 184 Å². The third-order valence-electron chi connectivity index (χ3n) is 4.70. The van der Waals surface area contributed by atoms with Gasteiger partial charge in [-0.05, 0) is 47.9 Å². The number of sulfonamides is 1. The van der Waals surface area contributed by atoms with Crippen molar-refractivity contribution in [1.82, 2.24) is 10.0 Å². The van der Waals surface area contributed by atoms with Gasteiger partial charge in [-0.3, -0.25) is 4.79 Å². The second kappa shape index (κ2) is 9.97. The van der Waals surface area contributed by atoms with Gasteiger partial charge in [0, 0.05) is 18.7 Å². The van der Waals surface area contributed by atoms with Crippen molar-refractivity contribution in [3.8, 4) is 0 Å². The molecule has 168 valence electrons. The fourth-order valence-electron chi connectivity index (χ4n) is 2.94. The molecule has 3 rings (SSSR count). The van der Waals surface area contributed by atoms with Crippen molar-refractivity contribution >= 4 is 15.9 Å². The lowest BCUT2D eigenvalue weighted by Crippen LogP contribution is -2.27. The number of hydrogen-bond donors (Lipinski definition) is 2. The van der Waals surface area contributed by atoms with E-state index in [1.54, 1.807) is 24.3 Å². The molecule has 5 nitrogen and oxygen atoms in total. The fourth-order valence-corrected chi connectivity index (χ4v) is 4.01. The molecule has 3 aromatic rings. The number of hydrogen-bond acceptors (Lipinski definition) is 3. The van der Waals surface area contributed by atoms with Crippen molar-refractivity contribution in [3.05, 3.63) is 101 Å². The number of rotatable bonds is 8. The summed E-state index contributed by atoms with van der Waals surface area (Å²) < 4.78 is 65.4. The summed E-state index contributed by atoms with van der Waals surface area (Å²) in [4.78, 5) is 12.4. The zero-order valence-electron chi connectivity index (χ0n) is 16.9. The van der Waals surface area contributed by atoms with Gasteiger partial charge in [0.05, 0.1) is 10.5 Å². The third kappa shape index (κ3) is 6.41. The summed E-state index contributed by atoms with van der Waals surface area (Å²) in [5, 5.41) is 2.65. The summed E-state index contributed by atoms with van der Waals surface area (Å²) in [5.41, 5.74) is 0.872. The van der Waals surface area contributed by atoms with E-state index in [1.165, 1.54) is 36.4 Å². The van der Waals surface area contributed by atoms with E-state index < -0.39 is 27.7 Å². The predicted octanol–water partition coefficient (Wildman–Crippen LogP) is 4.16. The smallest absolute Gasteiger partial charge is 0.352 e. The van der Waals surface area contributed by atoms with Gasteiger partial charge in [0.15, 0.2) is 0 Å². The molecule has 0 saturated carbocycles. The van der Waals surface area contributed by atoms with Crippen LogP contribution < -0.4 is 10.0 Å². The minimum Gasteiger partial charge on any atom is -0.352 e. The Morgan fingerprint density at radius 1 is 0.844 bits per heavy atom. The average molecular weight is 462 g/mol. The lowest BCUT2D eigenvalue weighted by Gasteiger charge is -2.10. The number of halogens is 3. The number of nitrogens with one attached hydrogen (secondary N) is 2. The molecule has 9 heteroatoms. The highest BCUT2D eigenvalue weighted by atomic mass is 32.2. The van der Waals surface area contributed by atoms with Crippen LogP contribution in [-0.4, -0.2) is 20.9 Å². The van der Waals surface area contributed by atoms with Crippen molar-refractivity contribution < 1.29 is 26.4 Å². The van der Waals surface area contributed by atoms with Crippen LogP contribution in [0, 0.1) is 0 Å². The van der Waals surface area contributed by atoms with Crippen LogP contribution in [0.2, 0.25) is 0 Å². The maximum absolute atomic E-state index is 12.6. The molecule has 0 atom stereocenters. The van der Waals surface area contributed by atoms with Crippen LogP contribution >= 0.6 is 0 Å². The standard InChI is InChI=1S/C23H21F3N2O3S/c24-23(25,26)20-11-9-17(10-12-20)13-14-27-22(29)19-7-4-8-21(15-19)32(30,31)28-16-18-5-2-1-3-6-18/h1-12,15,28H,13-14,16H2,(H,27,29). The van der Waals surface area contributed by atoms with E-state index in [4.69, 9.17) is 0 Å². The molecule has 0 heterocycles. The van der Waals surface area contributed by atoms with Crippen LogP contribution in [0.5, 0.6) is 0 Å². The summed E-state index contributed by atoms with van der Waals surface area (Å²) in [7, 11) is -3.82. The van der Waals surface area contributed by atoms with Crippen LogP contribution in [0.15, 0.2) is 83.8 Å². The maximum atomic E-state index is 12.6. The molecular weight excluding hydrogens is 441 g/mol. The van der Waals surface area contributed by atoms with Gasteiger partial charge in [-0.15, -0.1) is 0 Å². The Morgan fingerprint density at radius 3 is 2.19 bits per heavy atom. The Bertz CT molecular complexity index is 1160. The summed E-state index contributed by atoms with van der Waals surface area (Å²) >= 11 is 0. The second-order valence-corrected chi connectivity index (χ2v) is 8.81. The van der Waals surface area contributed by atoms with Crippen molar-refractivity contribution in [2.75, 3.05) is 6.54 Å². The van der Waals surface area contributed by atoms with E-state index in [-0.39, 0.29) is 23.5 Å². The van der Waals surface area contributed by atoms with Crippen molar-refractivity contribution in [3.63, 3.8) is 0 Å². The first kappa shape index (κ1) is 23.5. The highest BCUT2D eigenvalue weighted by Gasteiger charge is 2.29. The van der Waals surface area contributed by atoms with Crippen LogP contribution in [0.25, 0.3) is 0 Å². The van der Waals surface area contributed by atoms with Gasteiger partial charge in [-0.1, -0.05) is 48.5 Å². The zero-order valence-corrected chi connectivity index (χ0v) is 17.7. The normalized spacial score (nSPS) is 11.8. The minimum atomic E-state index is -4.39. The Kier molecular flexibility index (Phi) is 7.32. The predicted molar refractivity (Wildman–Crippen MR) is 114 cm³/mol. The van der Waals surface area contributed by atoms with Crippen molar-refractivity contribution in [1.29, 1.82) is 0 Å². The lowest BCUT2D eigenvalue weighted by atomic mass is 10.1. The lowest BCUT2D eigenvalue weighted by molar-refractivity contribution is -0.137. The van der Waals surface area contributed by atoms with Gasteiger partial charge in [0.1, 0.15) is 0 Å². The molecule has 3 aromatic carbocycles. The molecule has 0 fully saturated rings. The summed E-state index contributed by atoms with van der Waals surface area (Å²) in [5.74, 6) is -0.475. The largest absolute Gasteiger partial charge is 0.416 e. The van der Waals surface area contributed by atoms with Crippen molar-refractivity contribution in [2.24, 2.45) is 0 Å². The topological polar surface area (TPSA) is 75.3 Å². The molecule has 0 spiro atoms. The van der Waals surface area contributed by atoms with Crippen molar-refractivity contribution in [2.45, 2.75) is 24.0 Å². The maximum Gasteiger partial charge on any atom is 0.416 e. The number of carbonyl (C=O) groups is 1. The first-order valence-electron chi connectivity index (χ1n) is 9.73. The molecule has 0 aliphatic rings. The number of carbonyl (C=O) groups excluding carboxylic acids is 1. The van der Waals surface area contributed by atoms with Gasteiger partial charge >= 0.3 is 6.18 Å². The van der Waals surface area contributed by atoms with Crippen LogP contribution in [-0.2, 0) is 29.2 Å². The van der Waals surface area contributed by atoms with Gasteiger partial charge in [0.2, 0.25) is 10.0 Å². The fraction of sp³-hybridized carbons (Fsp3) is 0.174. The third-order valence-corrected chi connectivity index (χ3v) is 6.10. The minimum absolute atomic E-state index is 0.0381. The van der Waals surface area contributed by atoms with E-state index in [9.17, 15) is 26.4 Å². The first-order chi connectivity index (χ1) is 15.1. The van der Waals surface area contributed by atoms with E-state index in [2.05, 4.69) is 10.0 Å². The summed E-state index contributed by atoms with van der Waals surface area (Å²) in [6, 6.07) is 19.4. The SMILES string of the molecule is O=C(NCCc1ccc(C(F)(F)F)cc1)c1cccc(S(=O)(=O)NCc2ccccc2)c1. The number of amides is 1. The highest BCUT2D eigenvalue weighted by Crippen LogP contribution is 2.29. The van der Waals surface area contributed by atoms with E-state index in [0.29, 0.717) is 12.0 Å². The van der Waals surface area contributed by atoms with Gasteiger partial charge in [0.25, 0.3) is 5.91 Å². The quantitative estimate of drug-likeness (QED) is 0.528. The molecule has 0 unspecified atom stereocenters. The Morgan fingerprint density at radius 2 is 1.53 bits per heavy atom. The van der Waals surface area contributed by atoms with Gasteiger partial charge in [-0.2, -0.15) is 13.2 Å². The molecule has 0 aromatic heterocycles. The molecule has 0 aliphatic carbocycles. The molecule has 1 amide bonds.